The van der Waals surface area contributed by atoms with Crippen molar-refractivity contribution in [3.8, 4) is 0 Å². The maximum atomic E-state index is 13.1. The lowest BCUT2D eigenvalue weighted by Crippen LogP contribution is -2.32. The van der Waals surface area contributed by atoms with Crippen molar-refractivity contribution in [3.63, 3.8) is 0 Å². The molecule has 1 aromatic heterocycles. The van der Waals surface area contributed by atoms with Crippen LogP contribution in [0.5, 0.6) is 0 Å². The molecule has 0 unspecified atom stereocenters. The van der Waals surface area contributed by atoms with Gasteiger partial charge in [-0.2, -0.15) is 5.10 Å². The molecule has 1 N–H and O–H groups in total. The molecule has 2 heterocycles. The van der Waals surface area contributed by atoms with Crippen molar-refractivity contribution >= 4 is 51.3 Å². The highest BCUT2D eigenvalue weighted by molar-refractivity contribution is 8.14. The van der Waals surface area contributed by atoms with E-state index in [1.807, 2.05) is 62.6 Å². The first-order valence-corrected chi connectivity index (χ1v) is 12.0. The van der Waals surface area contributed by atoms with E-state index in [1.165, 1.54) is 11.8 Å². The standard InChI is InChI=1S/C25H27N5O3S/c1-17-19(15-29(2)28-17)14-22-24(32)30(12-7-13-33-3)25(27-22)34-16-23(31)26-21-11-6-9-18-8-4-5-10-20(18)21/h4-6,8-11,14-15H,7,12-13,16H2,1-3H3,(H,26,31)/b22-14+. The fourth-order valence-electron chi connectivity index (χ4n) is 3.76. The fraction of sp³-hybridized carbons (Fsp3) is 0.280. The van der Waals surface area contributed by atoms with Crippen LogP contribution in [0.1, 0.15) is 17.7 Å². The first-order valence-electron chi connectivity index (χ1n) is 11.0. The number of aliphatic imine (C=N–C) groups is 1. The molecule has 176 valence electrons. The van der Waals surface area contributed by atoms with E-state index in [0.29, 0.717) is 30.4 Å². The molecule has 1 aliphatic rings. The van der Waals surface area contributed by atoms with Gasteiger partial charge in [0.25, 0.3) is 5.91 Å². The highest BCUT2D eigenvalue weighted by Crippen LogP contribution is 2.26. The molecule has 0 radical (unpaired) electrons. The summed E-state index contributed by atoms with van der Waals surface area (Å²) in [6.45, 7) is 2.88. The minimum atomic E-state index is -0.184. The lowest BCUT2D eigenvalue weighted by Gasteiger charge is -2.17. The highest BCUT2D eigenvalue weighted by atomic mass is 32.2. The summed E-state index contributed by atoms with van der Waals surface area (Å²) in [7, 11) is 3.46. The number of aryl methyl sites for hydroxylation is 2. The molecule has 2 aromatic carbocycles. The molecule has 34 heavy (non-hydrogen) atoms. The van der Waals surface area contributed by atoms with Gasteiger partial charge in [-0.05, 0) is 30.9 Å². The minimum Gasteiger partial charge on any atom is -0.385 e. The third-order valence-corrected chi connectivity index (χ3v) is 6.36. The molecule has 4 rings (SSSR count). The number of rotatable bonds is 8. The van der Waals surface area contributed by atoms with E-state index in [1.54, 1.807) is 22.8 Å². The fourth-order valence-corrected chi connectivity index (χ4v) is 4.59. The molecule has 0 spiro atoms. The van der Waals surface area contributed by atoms with Gasteiger partial charge in [0.15, 0.2) is 5.17 Å². The number of ether oxygens (including phenoxy) is 1. The summed E-state index contributed by atoms with van der Waals surface area (Å²) in [6, 6.07) is 13.7. The summed E-state index contributed by atoms with van der Waals surface area (Å²) in [5.74, 6) is -0.208. The van der Waals surface area contributed by atoms with Gasteiger partial charge in [0, 0.05) is 50.1 Å². The third-order valence-electron chi connectivity index (χ3n) is 5.38. The van der Waals surface area contributed by atoms with Crippen molar-refractivity contribution < 1.29 is 14.3 Å². The second-order valence-electron chi connectivity index (χ2n) is 7.93. The Morgan fingerprint density at radius 2 is 2.00 bits per heavy atom. The Bertz CT molecular complexity index is 1280. The van der Waals surface area contributed by atoms with Gasteiger partial charge in [-0.25, -0.2) is 4.99 Å². The van der Waals surface area contributed by atoms with Crippen molar-refractivity contribution in [2.45, 2.75) is 13.3 Å². The van der Waals surface area contributed by atoms with Crippen molar-refractivity contribution in [1.29, 1.82) is 0 Å². The number of thioether (sulfide) groups is 1. The maximum Gasteiger partial charge on any atom is 0.278 e. The van der Waals surface area contributed by atoms with Crippen LogP contribution in [0.25, 0.3) is 16.8 Å². The normalized spacial score (nSPS) is 14.8. The maximum absolute atomic E-state index is 13.1. The molecule has 2 amide bonds. The molecule has 0 fully saturated rings. The summed E-state index contributed by atoms with van der Waals surface area (Å²) in [6.07, 6.45) is 4.27. The van der Waals surface area contributed by atoms with Crippen LogP contribution in [0, 0.1) is 6.92 Å². The Morgan fingerprint density at radius 3 is 2.76 bits per heavy atom. The monoisotopic (exact) mass is 477 g/mol. The van der Waals surface area contributed by atoms with Crippen molar-refractivity contribution in [2.75, 3.05) is 31.3 Å². The number of anilines is 1. The number of fused-ring (bicyclic) bond motifs is 1. The smallest absolute Gasteiger partial charge is 0.278 e. The minimum absolute atomic E-state index is 0.134. The lowest BCUT2D eigenvalue weighted by atomic mass is 10.1. The molecule has 1 aliphatic heterocycles. The number of amides is 2. The number of carbonyl (C=O) groups excluding carboxylic acids is 2. The first-order chi connectivity index (χ1) is 16.5. The van der Waals surface area contributed by atoms with Crippen LogP contribution < -0.4 is 5.32 Å². The van der Waals surface area contributed by atoms with Crippen molar-refractivity contribution in [1.82, 2.24) is 14.7 Å². The molecule has 9 heteroatoms. The average molecular weight is 478 g/mol. The lowest BCUT2D eigenvalue weighted by molar-refractivity contribution is -0.122. The van der Waals surface area contributed by atoms with Crippen LogP contribution in [0.4, 0.5) is 5.69 Å². The summed E-state index contributed by atoms with van der Waals surface area (Å²) in [5.41, 5.74) is 2.76. The SMILES string of the molecule is COCCCN1C(=O)/C(=C\c2cn(C)nc2C)N=C1SCC(=O)Nc1cccc2ccccc12. The summed E-state index contributed by atoms with van der Waals surface area (Å²) in [5, 5.41) is 9.86. The molecule has 0 aliphatic carbocycles. The van der Waals surface area contributed by atoms with E-state index in [0.717, 1.165) is 27.7 Å². The van der Waals surface area contributed by atoms with Crippen molar-refractivity contribution in [3.05, 3.63) is 65.6 Å². The van der Waals surface area contributed by atoms with E-state index in [-0.39, 0.29) is 17.6 Å². The number of amidine groups is 1. The predicted molar refractivity (Wildman–Crippen MR) is 137 cm³/mol. The van der Waals surface area contributed by atoms with Crippen LogP contribution in [0.2, 0.25) is 0 Å². The molecule has 0 saturated carbocycles. The van der Waals surface area contributed by atoms with Crippen LogP contribution >= 0.6 is 11.8 Å². The van der Waals surface area contributed by atoms with Gasteiger partial charge in [0.05, 0.1) is 11.4 Å². The van der Waals surface area contributed by atoms with Gasteiger partial charge >= 0.3 is 0 Å². The zero-order chi connectivity index (χ0) is 24.1. The number of hydrogen-bond donors (Lipinski definition) is 1. The zero-order valence-corrected chi connectivity index (χ0v) is 20.3. The quantitative estimate of drug-likeness (QED) is 0.394. The number of nitrogens with zero attached hydrogens (tertiary/aromatic N) is 4. The van der Waals surface area contributed by atoms with Gasteiger partial charge in [0.2, 0.25) is 5.91 Å². The first kappa shape index (κ1) is 23.7. The van der Waals surface area contributed by atoms with Crippen LogP contribution in [0.15, 0.2) is 59.4 Å². The molecular formula is C25H27N5O3S. The summed E-state index contributed by atoms with van der Waals surface area (Å²) in [4.78, 5) is 32.0. The van der Waals surface area contributed by atoms with E-state index >= 15 is 0 Å². The Morgan fingerprint density at radius 1 is 1.21 bits per heavy atom. The molecule has 8 nitrogen and oxygen atoms in total. The number of aromatic nitrogens is 2. The van der Waals surface area contributed by atoms with Crippen LogP contribution in [-0.2, 0) is 21.4 Å². The van der Waals surface area contributed by atoms with Gasteiger partial charge in [0.1, 0.15) is 5.70 Å². The Balaban J connectivity index is 1.49. The number of hydrogen-bond acceptors (Lipinski definition) is 6. The zero-order valence-electron chi connectivity index (χ0n) is 19.4. The van der Waals surface area contributed by atoms with Crippen LogP contribution in [0.3, 0.4) is 0 Å². The van der Waals surface area contributed by atoms with Crippen molar-refractivity contribution in [2.24, 2.45) is 12.0 Å². The molecule has 3 aromatic rings. The number of nitrogens with one attached hydrogen (secondary N) is 1. The third kappa shape index (κ3) is 5.37. The molecule has 0 saturated heterocycles. The molecule has 0 atom stereocenters. The Labute approximate surface area is 202 Å². The van der Waals surface area contributed by atoms with Gasteiger partial charge in [-0.1, -0.05) is 48.2 Å². The Kier molecular flexibility index (Phi) is 7.44. The van der Waals surface area contributed by atoms with Gasteiger partial charge in [-0.3, -0.25) is 19.2 Å². The number of methoxy groups -OCH3 is 1. The highest BCUT2D eigenvalue weighted by Gasteiger charge is 2.31. The van der Waals surface area contributed by atoms with Gasteiger partial charge < -0.3 is 10.1 Å². The van der Waals surface area contributed by atoms with Crippen LogP contribution in [-0.4, -0.2) is 57.7 Å². The van der Waals surface area contributed by atoms with E-state index in [9.17, 15) is 9.59 Å². The summed E-state index contributed by atoms with van der Waals surface area (Å²) < 4.78 is 6.84. The second-order valence-corrected chi connectivity index (χ2v) is 8.88. The van der Waals surface area contributed by atoms with Gasteiger partial charge in [-0.15, -0.1) is 0 Å². The molecular weight excluding hydrogens is 450 g/mol. The number of benzene rings is 2. The second kappa shape index (κ2) is 10.7. The predicted octanol–water partition coefficient (Wildman–Crippen LogP) is 3.83. The largest absolute Gasteiger partial charge is 0.385 e. The Hall–Kier alpha value is -3.43. The van der Waals surface area contributed by atoms with E-state index < -0.39 is 0 Å². The average Bonchev–Trinajstić information content (AvgIpc) is 3.30. The molecule has 0 bridgehead atoms. The number of carbonyl (C=O) groups is 2. The summed E-state index contributed by atoms with van der Waals surface area (Å²) >= 11 is 1.25. The topological polar surface area (TPSA) is 88.8 Å². The van der Waals surface area contributed by atoms with E-state index in [4.69, 9.17) is 4.74 Å². The van der Waals surface area contributed by atoms with E-state index in [2.05, 4.69) is 15.4 Å².